The minimum atomic E-state index is -0.135. The van der Waals surface area contributed by atoms with Crippen molar-refractivity contribution >= 4 is 0 Å². The topological polar surface area (TPSA) is 69.9 Å². The van der Waals surface area contributed by atoms with E-state index in [0.717, 1.165) is 17.9 Å². The summed E-state index contributed by atoms with van der Waals surface area (Å²) in [6.45, 7) is 4.77. The van der Waals surface area contributed by atoms with Gasteiger partial charge in [0.15, 0.2) is 5.76 Å². The summed E-state index contributed by atoms with van der Waals surface area (Å²) in [5.41, 5.74) is 7.43. The van der Waals surface area contributed by atoms with Crippen molar-refractivity contribution in [3.05, 3.63) is 24.4 Å². The maximum Gasteiger partial charge on any atom is 0.153 e. The van der Waals surface area contributed by atoms with Crippen LogP contribution < -0.4 is 5.73 Å². The predicted octanol–water partition coefficient (Wildman–Crippen LogP) is 1.58. The first-order chi connectivity index (χ1) is 7.22. The van der Waals surface area contributed by atoms with Gasteiger partial charge in [-0.15, -0.1) is 0 Å². The van der Waals surface area contributed by atoms with Crippen LogP contribution in [-0.2, 0) is 6.54 Å². The highest BCUT2D eigenvalue weighted by molar-refractivity contribution is 5.53. The van der Waals surface area contributed by atoms with Gasteiger partial charge in [-0.3, -0.25) is 0 Å². The third-order valence-corrected chi connectivity index (χ3v) is 2.29. The highest BCUT2D eigenvalue weighted by Crippen LogP contribution is 2.21. The van der Waals surface area contributed by atoms with E-state index in [4.69, 9.17) is 10.3 Å². The van der Waals surface area contributed by atoms with E-state index in [2.05, 4.69) is 17.1 Å². The minimum Gasteiger partial charge on any atom is -0.359 e. The molecule has 1 atom stereocenters. The van der Waals surface area contributed by atoms with Crippen LogP contribution in [0.3, 0.4) is 0 Å². The molecule has 0 amide bonds. The lowest BCUT2D eigenvalue weighted by atomic mass is 10.2. The zero-order valence-electron chi connectivity index (χ0n) is 8.84. The van der Waals surface area contributed by atoms with Crippen molar-refractivity contribution in [2.24, 2.45) is 5.73 Å². The van der Waals surface area contributed by atoms with Gasteiger partial charge in [0.2, 0.25) is 0 Å². The van der Waals surface area contributed by atoms with Crippen molar-refractivity contribution in [2.75, 3.05) is 0 Å². The Balaban J connectivity index is 2.37. The van der Waals surface area contributed by atoms with E-state index in [9.17, 15) is 0 Å². The van der Waals surface area contributed by atoms with Crippen LogP contribution >= 0.6 is 0 Å². The highest BCUT2D eigenvalue weighted by atomic mass is 16.5. The lowest BCUT2D eigenvalue weighted by molar-refractivity contribution is 0.369. The molecule has 0 aliphatic carbocycles. The number of rotatable bonds is 3. The zero-order valence-corrected chi connectivity index (χ0v) is 8.84. The Bertz CT molecular complexity index is 444. The van der Waals surface area contributed by atoms with Gasteiger partial charge in [0.25, 0.3) is 0 Å². The number of nitrogens with zero attached hydrogens (tertiary/aromatic N) is 3. The third kappa shape index (κ3) is 1.78. The third-order valence-electron chi connectivity index (χ3n) is 2.29. The summed E-state index contributed by atoms with van der Waals surface area (Å²) >= 11 is 0. The first-order valence-corrected chi connectivity index (χ1v) is 4.95. The van der Waals surface area contributed by atoms with E-state index >= 15 is 0 Å². The molecule has 2 heterocycles. The summed E-state index contributed by atoms with van der Waals surface area (Å²) in [5.74, 6) is 0.689. The van der Waals surface area contributed by atoms with E-state index in [-0.39, 0.29) is 6.04 Å². The standard InChI is InChI=1S/C10H14N4O/c1-3-14-6-12-5-9(14)8-4-10(7(2)11)15-13-8/h4-7H,3,11H2,1-2H3. The van der Waals surface area contributed by atoms with Crippen molar-refractivity contribution in [1.82, 2.24) is 14.7 Å². The number of hydrogen-bond donors (Lipinski definition) is 1. The summed E-state index contributed by atoms with van der Waals surface area (Å²) < 4.78 is 7.14. The van der Waals surface area contributed by atoms with Gasteiger partial charge in [-0.25, -0.2) is 4.98 Å². The van der Waals surface area contributed by atoms with Gasteiger partial charge in [0.1, 0.15) is 5.69 Å². The Morgan fingerprint density at radius 1 is 1.60 bits per heavy atom. The molecule has 0 saturated carbocycles. The highest BCUT2D eigenvalue weighted by Gasteiger charge is 2.12. The van der Waals surface area contributed by atoms with E-state index < -0.39 is 0 Å². The normalized spacial score (nSPS) is 13.0. The van der Waals surface area contributed by atoms with Gasteiger partial charge in [0, 0.05) is 12.6 Å². The second-order valence-electron chi connectivity index (χ2n) is 3.47. The molecule has 0 spiro atoms. The van der Waals surface area contributed by atoms with Gasteiger partial charge in [0.05, 0.1) is 24.3 Å². The van der Waals surface area contributed by atoms with Crippen LogP contribution in [0.15, 0.2) is 23.1 Å². The number of aryl methyl sites for hydroxylation is 1. The SMILES string of the molecule is CCn1cncc1-c1cc(C(C)N)on1. The quantitative estimate of drug-likeness (QED) is 0.827. The van der Waals surface area contributed by atoms with Crippen LogP contribution in [0.1, 0.15) is 25.6 Å². The van der Waals surface area contributed by atoms with E-state index in [1.165, 1.54) is 0 Å². The molecule has 2 rings (SSSR count). The summed E-state index contributed by atoms with van der Waals surface area (Å²) in [4.78, 5) is 4.07. The van der Waals surface area contributed by atoms with E-state index in [0.29, 0.717) is 5.76 Å². The van der Waals surface area contributed by atoms with Gasteiger partial charge < -0.3 is 14.8 Å². The van der Waals surface area contributed by atoms with E-state index in [1.807, 2.05) is 17.6 Å². The Hall–Kier alpha value is -1.62. The number of aromatic nitrogens is 3. The molecule has 0 bridgehead atoms. The number of hydrogen-bond acceptors (Lipinski definition) is 4. The Morgan fingerprint density at radius 3 is 3.00 bits per heavy atom. The van der Waals surface area contributed by atoms with Crippen molar-refractivity contribution < 1.29 is 4.52 Å². The molecule has 2 N–H and O–H groups in total. The summed E-state index contributed by atoms with van der Waals surface area (Å²) in [7, 11) is 0. The molecule has 0 saturated heterocycles. The first kappa shape index (κ1) is 9.92. The van der Waals surface area contributed by atoms with Crippen LogP contribution in [0.4, 0.5) is 0 Å². The Kier molecular flexibility index (Phi) is 2.55. The fraction of sp³-hybridized carbons (Fsp3) is 0.400. The monoisotopic (exact) mass is 206 g/mol. The molecule has 0 radical (unpaired) electrons. The molecular weight excluding hydrogens is 192 g/mol. The molecule has 5 heteroatoms. The fourth-order valence-corrected chi connectivity index (χ4v) is 1.41. The van der Waals surface area contributed by atoms with Crippen LogP contribution in [-0.4, -0.2) is 14.7 Å². The number of nitrogens with two attached hydrogens (primary N) is 1. The predicted molar refractivity (Wildman–Crippen MR) is 56.0 cm³/mol. The van der Waals surface area contributed by atoms with E-state index in [1.54, 1.807) is 12.5 Å². The summed E-state index contributed by atoms with van der Waals surface area (Å²) in [6.07, 6.45) is 3.54. The number of imidazole rings is 1. The Labute approximate surface area is 87.9 Å². The van der Waals surface area contributed by atoms with Gasteiger partial charge >= 0.3 is 0 Å². The molecule has 0 fully saturated rings. The average Bonchev–Trinajstić information content (AvgIpc) is 2.85. The second kappa shape index (κ2) is 3.86. The zero-order chi connectivity index (χ0) is 10.8. The smallest absolute Gasteiger partial charge is 0.153 e. The van der Waals surface area contributed by atoms with Crippen molar-refractivity contribution in [1.29, 1.82) is 0 Å². The largest absolute Gasteiger partial charge is 0.359 e. The maximum atomic E-state index is 5.69. The Morgan fingerprint density at radius 2 is 2.40 bits per heavy atom. The lowest BCUT2D eigenvalue weighted by Gasteiger charge is -1.99. The molecule has 2 aromatic heterocycles. The lowest BCUT2D eigenvalue weighted by Crippen LogP contribution is -2.02. The maximum absolute atomic E-state index is 5.69. The molecule has 1 unspecified atom stereocenters. The molecule has 80 valence electrons. The molecule has 0 aliphatic rings. The minimum absolute atomic E-state index is 0.135. The molecule has 5 nitrogen and oxygen atoms in total. The van der Waals surface area contributed by atoms with Crippen LogP contribution in [0, 0.1) is 0 Å². The fourth-order valence-electron chi connectivity index (χ4n) is 1.41. The molecule has 0 aromatic carbocycles. The van der Waals surface area contributed by atoms with Gasteiger partial charge in [-0.2, -0.15) is 0 Å². The van der Waals surface area contributed by atoms with Crippen LogP contribution in [0.2, 0.25) is 0 Å². The van der Waals surface area contributed by atoms with Crippen LogP contribution in [0.5, 0.6) is 0 Å². The molecule has 15 heavy (non-hydrogen) atoms. The molecular formula is C10H14N4O. The van der Waals surface area contributed by atoms with Crippen molar-refractivity contribution in [2.45, 2.75) is 26.4 Å². The summed E-state index contributed by atoms with van der Waals surface area (Å²) in [5, 5.41) is 3.97. The average molecular weight is 206 g/mol. The molecule has 2 aromatic rings. The van der Waals surface area contributed by atoms with Crippen LogP contribution in [0.25, 0.3) is 11.4 Å². The van der Waals surface area contributed by atoms with Crippen molar-refractivity contribution in [3.8, 4) is 11.4 Å². The summed E-state index contributed by atoms with van der Waals surface area (Å²) in [6, 6.07) is 1.72. The molecule has 0 aliphatic heterocycles. The van der Waals surface area contributed by atoms with Crippen molar-refractivity contribution in [3.63, 3.8) is 0 Å². The second-order valence-corrected chi connectivity index (χ2v) is 3.47. The first-order valence-electron chi connectivity index (χ1n) is 4.95. The van der Waals surface area contributed by atoms with Gasteiger partial charge in [-0.05, 0) is 13.8 Å². The van der Waals surface area contributed by atoms with Gasteiger partial charge in [-0.1, -0.05) is 5.16 Å².